The number of ketones is 1. The van der Waals surface area contributed by atoms with Crippen molar-refractivity contribution in [2.24, 2.45) is 62.1 Å². The van der Waals surface area contributed by atoms with Crippen LogP contribution in [0, 0.1) is 65.6 Å². The van der Waals surface area contributed by atoms with E-state index in [1.807, 2.05) is 13.8 Å². The second-order valence-electron chi connectivity index (χ2n) is 20.8. The van der Waals surface area contributed by atoms with Gasteiger partial charge in [0.15, 0.2) is 0 Å². The van der Waals surface area contributed by atoms with Crippen LogP contribution in [-0.4, -0.2) is 45.8 Å². The second-order valence-corrected chi connectivity index (χ2v) is 22.1. The Kier molecular flexibility index (Phi) is 11.7. The first kappa shape index (κ1) is 42.1. The van der Waals surface area contributed by atoms with E-state index in [-0.39, 0.29) is 45.7 Å². The summed E-state index contributed by atoms with van der Waals surface area (Å²) in [7, 11) is 0. The number of aliphatic hydroxyl groups is 2. The summed E-state index contributed by atoms with van der Waals surface area (Å²) in [6.07, 6.45) is 11.1. The molecule has 4 fully saturated rings. The van der Waals surface area contributed by atoms with E-state index in [2.05, 4.69) is 106 Å². The lowest BCUT2D eigenvalue weighted by atomic mass is 9.32. The van der Waals surface area contributed by atoms with E-state index in [0.29, 0.717) is 50.1 Å². The summed E-state index contributed by atoms with van der Waals surface area (Å²) in [5.41, 5.74) is 2.84. The molecule has 6 rings (SSSR count). The number of nitrogens with one attached hydrogen (secondary N) is 1. The number of carboxylic acids is 1. The summed E-state index contributed by atoms with van der Waals surface area (Å²) in [4.78, 5) is 25.0. The molecule has 5 aliphatic rings. The van der Waals surface area contributed by atoms with Gasteiger partial charge in [-0.15, -0.1) is 6.58 Å². The molecule has 0 spiro atoms. The van der Waals surface area contributed by atoms with Crippen molar-refractivity contribution >= 4 is 34.3 Å². The number of fused-ring (bicyclic) bond motifs is 7. The number of allylic oxidation sites excluding steroid dienone is 1. The SMILES string of the molecule is C=C[C@@]12CC[C@@]3([C@H](O)CNCc4ccc(I)cc4)CC(O)C(C(C)C)=C3[C@H]1CC[C@@H]1[C@@]3(C)CC[C@H](CC(=O)CC(C)(C)CC(=O)O)C(C)(C)[C@@H]3CC[C@]12C. The van der Waals surface area contributed by atoms with Gasteiger partial charge in [0, 0.05) is 40.3 Å². The highest BCUT2D eigenvalue weighted by molar-refractivity contribution is 14.1. The molecule has 0 amide bonds. The lowest BCUT2D eigenvalue weighted by molar-refractivity contribution is -0.215. The highest BCUT2D eigenvalue weighted by Crippen LogP contribution is 2.78. The average Bonchev–Trinajstić information content (AvgIpc) is 3.39. The number of rotatable bonds is 13. The Morgan fingerprint density at radius 3 is 2.30 bits per heavy atom. The lowest BCUT2D eigenvalue weighted by Gasteiger charge is -2.72. The summed E-state index contributed by atoms with van der Waals surface area (Å²) in [6.45, 7) is 24.2. The first-order valence-electron chi connectivity index (χ1n) is 21.1. The van der Waals surface area contributed by atoms with E-state index >= 15 is 0 Å². The Labute approximate surface area is 340 Å². The van der Waals surface area contributed by atoms with Crippen LogP contribution in [0.3, 0.4) is 0 Å². The van der Waals surface area contributed by atoms with E-state index in [4.69, 9.17) is 0 Å². The summed E-state index contributed by atoms with van der Waals surface area (Å²) < 4.78 is 1.21. The van der Waals surface area contributed by atoms with Crippen LogP contribution < -0.4 is 5.32 Å². The van der Waals surface area contributed by atoms with Gasteiger partial charge in [-0.3, -0.25) is 9.59 Å². The van der Waals surface area contributed by atoms with Crippen molar-refractivity contribution in [3.8, 4) is 0 Å². The number of carbonyl (C=O) groups excluding carboxylic acids is 1. The topological polar surface area (TPSA) is 107 Å². The van der Waals surface area contributed by atoms with Gasteiger partial charge in [0.25, 0.3) is 0 Å². The van der Waals surface area contributed by atoms with Crippen LogP contribution in [0.5, 0.6) is 0 Å². The zero-order chi connectivity index (χ0) is 39.6. The van der Waals surface area contributed by atoms with Crippen molar-refractivity contribution in [1.82, 2.24) is 5.32 Å². The van der Waals surface area contributed by atoms with Crippen LogP contribution in [0.4, 0.5) is 0 Å². The third kappa shape index (κ3) is 6.93. The monoisotopic (exact) mass is 855 g/mol. The van der Waals surface area contributed by atoms with Crippen LogP contribution in [0.1, 0.15) is 138 Å². The molecule has 1 unspecified atom stereocenters. The number of Topliss-reactive ketones (excluding diaryl/α,β-unsaturated/α-hetero) is 1. The van der Waals surface area contributed by atoms with Gasteiger partial charge >= 0.3 is 5.97 Å². The predicted octanol–water partition coefficient (Wildman–Crippen LogP) is 10.1. The summed E-state index contributed by atoms with van der Waals surface area (Å²) in [5, 5.41) is 37.1. The van der Waals surface area contributed by atoms with Crippen molar-refractivity contribution in [2.75, 3.05) is 6.54 Å². The minimum absolute atomic E-state index is 0.000934. The first-order chi connectivity index (χ1) is 25.2. The molecule has 4 saturated carbocycles. The van der Waals surface area contributed by atoms with E-state index < -0.39 is 29.0 Å². The molecule has 5 aliphatic carbocycles. The largest absolute Gasteiger partial charge is 0.481 e. The van der Waals surface area contributed by atoms with Gasteiger partial charge in [-0.1, -0.05) is 79.2 Å². The normalized spacial score (nSPS) is 37.9. The molecule has 4 N–H and O–H groups in total. The Morgan fingerprint density at radius 1 is 0.981 bits per heavy atom. The zero-order valence-electron chi connectivity index (χ0n) is 34.6. The van der Waals surface area contributed by atoms with Crippen LogP contribution in [0.2, 0.25) is 0 Å². The van der Waals surface area contributed by atoms with Crippen molar-refractivity contribution in [3.05, 3.63) is 57.2 Å². The quantitative estimate of drug-likeness (QED) is 0.116. The number of aliphatic hydroxyl groups excluding tert-OH is 2. The molecule has 7 heteroatoms. The van der Waals surface area contributed by atoms with E-state index in [1.165, 1.54) is 20.3 Å². The number of benzene rings is 1. The molecular formula is C47H70INO5. The van der Waals surface area contributed by atoms with Gasteiger partial charge in [-0.05, 0) is 155 Å². The van der Waals surface area contributed by atoms with Crippen molar-refractivity contribution in [3.63, 3.8) is 0 Å². The molecule has 0 heterocycles. The second kappa shape index (κ2) is 15.0. The summed E-state index contributed by atoms with van der Waals surface area (Å²) in [5.74, 6) is 1.14. The molecule has 54 heavy (non-hydrogen) atoms. The van der Waals surface area contributed by atoms with Gasteiger partial charge in [0.1, 0.15) is 5.78 Å². The Bertz CT molecular complexity index is 1630. The van der Waals surface area contributed by atoms with Crippen molar-refractivity contribution < 1.29 is 24.9 Å². The molecule has 300 valence electrons. The van der Waals surface area contributed by atoms with Crippen LogP contribution in [0.25, 0.3) is 0 Å². The Morgan fingerprint density at radius 2 is 1.67 bits per heavy atom. The molecule has 0 aromatic heterocycles. The van der Waals surface area contributed by atoms with Crippen molar-refractivity contribution in [2.45, 2.75) is 151 Å². The fourth-order valence-corrected chi connectivity index (χ4v) is 14.8. The number of hydrogen-bond donors (Lipinski definition) is 4. The molecule has 0 saturated heterocycles. The van der Waals surface area contributed by atoms with Gasteiger partial charge in [-0.2, -0.15) is 0 Å². The Balaban J connectivity index is 1.27. The molecule has 0 radical (unpaired) electrons. The van der Waals surface area contributed by atoms with E-state index in [1.54, 1.807) is 0 Å². The average molecular weight is 856 g/mol. The van der Waals surface area contributed by atoms with Crippen LogP contribution in [-0.2, 0) is 16.1 Å². The predicted molar refractivity (Wildman–Crippen MR) is 226 cm³/mol. The third-order valence-corrected chi connectivity index (χ3v) is 17.5. The van der Waals surface area contributed by atoms with E-state index in [0.717, 1.165) is 51.4 Å². The minimum Gasteiger partial charge on any atom is -0.481 e. The van der Waals surface area contributed by atoms with Crippen LogP contribution >= 0.6 is 22.6 Å². The van der Waals surface area contributed by atoms with Crippen LogP contribution in [0.15, 0.2) is 48.1 Å². The summed E-state index contributed by atoms with van der Waals surface area (Å²) in [6, 6.07) is 8.54. The highest BCUT2D eigenvalue weighted by atomic mass is 127. The highest BCUT2D eigenvalue weighted by Gasteiger charge is 2.71. The smallest absolute Gasteiger partial charge is 0.303 e. The van der Waals surface area contributed by atoms with Gasteiger partial charge < -0.3 is 20.6 Å². The molecule has 1 aromatic carbocycles. The summed E-state index contributed by atoms with van der Waals surface area (Å²) >= 11 is 2.33. The van der Waals surface area contributed by atoms with E-state index in [9.17, 15) is 24.9 Å². The van der Waals surface area contributed by atoms with Crippen molar-refractivity contribution in [1.29, 1.82) is 0 Å². The molecule has 10 atom stereocenters. The maximum Gasteiger partial charge on any atom is 0.303 e. The maximum atomic E-state index is 13.5. The van der Waals surface area contributed by atoms with Gasteiger partial charge in [0.05, 0.1) is 18.6 Å². The molecule has 0 aliphatic heterocycles. The molecular weight excluding hydrogens is 785 g/mol. The number of carboxylic acid groups (broad SMARTS) is 1. The fourth-order valence-electron chi connectivity index (χ4n) is 14.5. The molecule has 0 bridgehead atoms. The van der Waals surface area contributed by atoms with Gasteiger partial charge in [-0.25, -0.2) is 0 Å². The maximum absolute atomic E-state index is 13.5. The number of aliphatic carboxylic acids is 1. The lowest BCUT2D eigenvalue weighted by Crippen LogP contribution is -2.66. The molecule has 1 aromatic rings. The number of halogens is 1. The third-order valence-electron chi connectivity index (χ3n) is 16.8. The number of hydrogen-bond acceptors (Lipinski definition) is 5. The number of carbonyl (C=O) groups is 2. The molecule has 6 nitrogen and oxygen atoms in total. The fraction of sp³-hybridized carbons (Fsp3) is 0.745. The van der Waals surface area contributed by atoms with Gasteiger partial charge in [0.2, 0.25) is 0 Å². The minimum atomic E-state index is -0.842. The Hall–Kier alpha value is -1.55. The standard InChI is InChI=1S/C47H70INO5/c1-10-47-22-21-46(38(52)28-49-27-30-11-13-32(48)14-12-30)25-35(51)40(29(2)3)41(46)34(47)15-16-37-44(8)19-17-31(23-33(50)24-42(4,5)26-39(53)54)43(6,7)36(44)18-20-45(37,47)9/h10-14,29,31,34-38,49,51-52H,1,15-28H2,2-9H3,(H,53,54)/t31-,34-,35?,36+,37-,38-,44+,45-,46+,47-/m1/s1. The zero-order valence-corrected chi connectivity index (χ0v) is 36.7. The first-order valence-corrected chi connectivity index (χ1v) is 22.2.